The smallest absolute Gasteiger partial charge is 0.0285 e. The first-order chi connectivity index (χ1) is 9.22. The van der Waals surface area contributed by atoms with Gasteiger partial charge in [0.05, 0.1) is 0 Å². The number of hydrogen-bond donors (Lipinski definition) is 1. The molecule has 108 valence electrons. The average Bonchev–Trinajstić information content (AvgIpc) is 2.83. The summed E-state index contributed by atoms with van der Waals surface area (Å²) in [6.07, 6.45) is 9.72. The molecule has 2 rings (SSSR count). The van der Waals surface area contributed by atoms with Gasteiger partial charge in [0, 0.05) is 20.8 Å². The lowest BCUT2D eigenvalue weighted by atomic mass is 9.76. The molecule has 0 radical (unpaired) electrons. The van der Waals surface area contributed by atoms with Gasteiger partial charge in [0.1, 0.15) is 0 Å². The van der Waals surface area contributed by atoms with Crippen molar-refractivity contribution < 1.29 is 0 Å². The maximum atomic E-state index is 3.57. The summed E-state index contributed by atoms with van der Waals surface area (Å²) in [6.45, 7) is 2.32. The Labute approximate surface area is 130 Å². The summed E-state index contributed by atoms with van der Waals surface area (Å²) in [5, 5.41) is 5.76. The monoisotopic (exact) mass is 343 g/mol. The molecular weight excluding hydrogens is 318 g/mol. The lowest BCUT2D eigenvalue weighted by Crippen LogP contribution is -2.37. The van der Waals surface area contributed by atoms with Crippen molar-refractivity contribution in [2.75, 3.05) is 7.05 Å². The molecule has 1 heterocycles. The molecule has 0 amide bonds. The van der Waals surface area contributed by atoms with Crippen LogP contribution in [0.25, 0.3) is 0 Å². The fourth-order valence-electron chi connectivity index (χ4n) is 3.47. The highest BCUT2D eigenvalue weighted by Crippen LogP contribution is 2.34. The molecule has 1 N–H and O–H groups in total. The van der Waals surface area contributed by atoms with Crippen molar-refractivity contribution in [2.45, 2.75) is 57.9 Å². The molecule has 1 aromatic rings. The van der Waals surface area contributed by atoms with E-state index in [2.05, 4.69) is 46.7 Å². The van der Waals surface area contributed by atoms with Gasteiger partial charge in [-0.2, -0.15) is 0 Å². The minimum Gasteiger partial charge on any atom is -0.316 e. The van der Waals surface area contributed by atoms with E-state index >= 15 is 0 Å². The molecule has 1 aromatic heterocycles. The van der Waals surface area contributed by atoms with Crippen LogP contribution in [0.5, 0.6) is 0 Å². The number of rotatable bonds is 6. The van der Waals surface area contributed by atoms with E-state index in [4.69, 9.17) is 0 Å². The highest BCUT2D eigenvalue weighted by Gasteiger charge is 2.26. The fraction of sp³-hybridized carbons (Fsp3) is 0.750. The van der Waals surface area contributed by atoms with Gasteiger partial charge in [0.25, 0.3) is 0 Å². The molecule has 1 unspecified atom stereocenters. The molecule has 0 bridgehead atoms. The van der Waals surface area contributed by atoms with Crippen molar-refractivity contribution in [3.63, 3.8) is 0 Å². The van der Waals surface area contributed by atoms with Crippen molar-refractivity contribution >= 4 is 27.3 Å². The summed E-state index contributed by atoms with van der Waals surface area (Å²) < 4.78 is 1.23. The lowest BCUT2D eigenvalue weighted by molar-refractivity contribution is 0.218. The van der Waals surface area contributed by atoms with Gasteiger partial charge in [-0.1, -0.05) is 32.6 Å². The van der Waals surface area contributed by atoms with E-state index in [1.54, 1.807) is 0 Å². The second kappa shape index (κ2) is 7.80. The quantitative estimate of drug-likeness (QED) is 0.743. The van der Waals surface area contributed by atoms with E-state index in [1.165, 1.54) is 54.3 Å². The third kappa shape index (κ3) is 4.57. The van der Waals surface area contributed by atoms with E-state index in [-0.39, 0.29) is 0 Å². The normalized spacial score (nSPS) is 25.4. The zero-order valence-corrected chi connectivity index (χ0v) is 14.5. The summed E-state index contributed by atoms with van der Waals surface area (Å²) in [7, 11) is 2.13. The largest absolute Gasteiger partial charge is 0.316 e. The van der Waals surface area contributed by atoms with Crippen molar-refractivity contribution in [1.29, 1.82) is 0 Å². The number of likely N-dealkylation sites (N-methyl/N-ethyl adjacent to an activating group) is 1. The van der Waals surface area contributed by atoms with Gasteiger partial charge in [-0.05, 0) is 60.1 Å². The molecule has 1 aliphatic carbocycles. The minimum absolute atomic E-state index is 0.660. The first-order valence-corrected chi connectivity index (χ1v) is 9.30. The molecule has 1 nitrogen and oxygen atoms in total. The standard InChI is InChI=1S/C16H26BrNS/c1-3-4-12-5-7-13(8-6-12)16(18-2)10-15-9-14(17)11-19-15/h9,11-13,16,18H,3-8,10H2,1-2H3. The molecule has 0 saturated heterocycles. The number of thiophene rings is 1. The number of halogens is 1. The van der Waals surface area contributed by atoms with Crippen LogP contribution in [0.1, 0.15) is 50.3 Å². The summed E-state index contributed by atoms with van der Waals surface area (Å²) in [6, 6.07) is 2.94. The van der Waals surface area contributed by atoms with Crippen molar-refractivity contribution in [2.24, 2.45) is 11.8 Å². The average molecular weight is 344 g/mol. The number of nitrogens with one attached hydrogen (secondary N) is 1. The SMILES string of the molecule is CCCC1CCC(C(Cc2cc(Br)cs2)NC)CC1. The van der Waals surface area contributed by atoms with Gasteiger partial charge >= 0.3 is 0 Å². The Bertz CT molecular complexity index is 369. The van der Waals surface area contributed by atoms with Crippen LogP contribution in [-0.2, 0) is 6.42 Å². The van der Waals surface area contributed by atoms with Crippen molar-refractivity contribution in [3.05, 3.63) is 20.8 Å². The van der Waals surface area contributed by atoms with Crippen LogP contribution in [0.3, 0.4) is 0 Å². The van der Waals surface area contributed by atoms with Crippen LogP contribution < -0.4 is 5.32 Å². The molecule has 1 atom stereocenters. The highest BCUT2D eigenvalue weighted by atomic mass is 79.9. The van der Waals surface area contributed by atoms with Crippen LogP contribution in [0, 0.1) is 11.8 Å². The zero-order valence-electron chi connectivity index (χ0n) is 12.1. The van der Waals surface area contributed by atoms with Gasteiger partial charge in [0.15, 0.2) is 0 Å². The first kappa shape index (κ1) is 15.5. The Balaban J connectivity index is 1.85. The van der Waals surface area contributed by atoms with E-state index in [0.717, 1.165) is 11.8 Å². The molecule has 1 aliphatic rings. The molecule has 19 heavy (non-hydrogen) atoms. The van der Waals surface area contributed by atoms with E-state index in [9.17, 15) is 0 Å². The molecule has 3 heteroatoms. The number of hydrogen-bond acceptors (Lipinski definition) is 2. The van der Waals surface area contributed by atoms with Crippen molar-refractivity contribution in [3.8, 4) is 0 Å². The zero-order chi connectivity index (χ0) is 13.7. The second-order valence-electron chi connectivity index (χ2n) is 5.90. The molecule has 0 spiro atoms. The Kier molecular flexibility index (Phi) is 6.37. The topological polar surface area (TPSA) is 12.0 Å². The van der Waals surface area contributed by atoms with Gasteiger partial charge in [-0.25, -0.2) is 0 Å². The Morgan fingerprint density at radius 1 is 1.37 bits per heavy atom. The lowest BCUT2D eigenvalue weighted by Gasteiger charge is -2.33. The molecule has 0 aromatic carbocycles. The fourth-order valence-corrected chi connectivity index (χ4v) is 4.98. The minimum atomic E-state index is 0.660. The molecule has 1 fully saturated rings. The summed E-state index contributed by atoms with van der Waals surface area (Å²) in [4.78, 5) is 1.50. The van der Waals surface area contributed by atoms with Crippen LogP contribution in [-0.4, -0.2) is 13.1 Å². The third-order valence-electron chi connectivity index (χ3n) is 4.57. The Morgan fingerprint density at radius 3 is 2.63 bits per heavy atom. The predicted octanol–water partition coefficient (Wildman–Crippen LogP) is 5.25. The molecule has 0 aliphatic heterocycles. The maximum absolute atomic E-state index is 3.57. The summed E-state index contributed by atoms with van der Waals surface area (Å²) in [5.74, 6) is 1.88. The van der Waals surface area contributed by atoms with Gasteiger partial charge in [0.2, 0.25) is 0 Å². The highest BCUT2D eigenvalue weighted by molar-refractivity contribution is 9.10. The van der Waals surface area contributed by atoms with E-state index in [1.807, 2.05) is 11.3 Å². The first-order valence-electron chi connectivity index (χ1n) is 7.63. The Hall–Kier alpha value is 0.140. The van der Waals surface area contributed by atoms with Crippen LogP contribution in [0.4, 0.5) is 0 Å². The van der Waals surface area contributed by atoms with Crippen LogP contribution in [0.2, 0.25) is 0 Å². The van der Waals surface area contributed by atoms with Crippen LogP contribution >= 0.6 is 27.3 Å². The third-order valence-corrected chi connectivity index (χ3v) is 6.29. The van der Waals surface area contributed by atoms with E-state index in [0.29, 0.717) is 6.04 Å². The van der Waals surface area contributed by atoms with E-state index < -0.39 is 0 Å². The summed E-state index contributed by atoms with van der Waals surface area (Å²) >= 11 is 5.43. The molecular formula is C16H26BrNS. The van der Waals surface area contributed by atoms with Crippen molar-refractivity contribution in [1.82, 2.24) is 5.32 Å². The van der Waals surface area contributed by atoms with Gasteiger partial charge < -0.3 is 5.32 Å². The molecule has 1 saturated carbocycles. The Morgan fingerprint density at radius 2 is 2.11 bits per heavy atom. The second-order valence-corrected chi connectivity index (χ2v) is 7.81. The van der Waals surface area contributed by atoms with Gasteiger partial charge in [-0.15, -0.1) is 11.3 Å². The van der Waals surface area contributed by atoms with Gasteiger partial charge in [-0.3, -0.25) is 0 Å². The maximum Gasteiger partial charge on any atom is 0.0285 e. The summed E-state index contributed by atoms with van der Waals surface area (Å²) in [5.41, 5.74) is 0. The van der Waals surface area contributed by atoms with Crippen LogP contribution in [0.15, 0.2) is 15.9 Å². The predicted molar refractivity (Wildman–Crippen MR) is 88.9 cm³/mol.